The first-order chi connectivity index (χ1) is 67.1. The number of aliphatic carboxylic acids is 2. The van der Waals surface area contributed by atoms with Crippen LogP contribution >= 0.6 is 0 Å². The summed E-state index contributed by atoms with van der Waals surface area (Å²) < 4.78 is 30.1. The Labute approximate surface area is 801 Å². The van der Waals surface area contributed by atoms with Crippen LogP contribution in [0.4, 0.5) is 32.9 Å². The van der Waals surface area contributed by atoms with Gasteiger partial charge in [-0.1, -0.05) is 0 Å². The van der Waals surface area contributed by atoms with Gasteiger partial charge < -0.3 is 78.3 Å². The number of amides is 4. The van der Waals surface area contributed by atoms with E-state index in [4.69, 9.17) is 49.2 Å². The fourth-order valence-corrected chi connectivity index (χ4v) is 16.8. The summed E-state index contributed by atoms with van der Waals surface area (Å²) >= 11 is 0. The van der Waals surface area contributed by atoms with Crippen LogP contribution in [0.1, 0.15) is 180 Å². The fraction of sp³-hybridized carbons (Fsp3) is 0.489. The molecule has 0 spiro atoms. The van der Waals surface area contributed by atoms with E-state index in [0.717, 1.165) is 102 Å². The van der Waals surface area contributed by atoms with Crippen LogP contribution in [-0.4, -0.2) is 273 Å². The highest BCUT2D eigenvalue weighted by molar-refractivity contribution is 5.91. The Bertz CT molecular complexity index is 6820. The summed E-state index contributed by atoms with van der Waals surface area (Å²) in [6.07, 6.45) is 24.4. The standard InChI is InChI=1S/C23H26N10O2.C22H30N10O3.C22H28N8O4.C19H22N10O.C4H6O2/c1-4-32-20(15-8-24-12(2)25-9-15)29-18-19(26-11-27-21(18)32)28-16-7-17(22-31-30-13(3)35-22)33(10-16)23(34)14-5-6-14;1-6-31-18(13-8-24-12(2)25-9-13)29-16-17(26-11-27-19(16)31)28-14-7-15(20(33)30-23)32(10-14)21(34)35-22(3,4)5;1-6-29-18(13-8-23-12(2)24-9-13)28-16-17(25-11-26-19(16)29)27-14-7-15(20(31)32)30(10-14)21(33)34-22(3,4)5;1-4-29-17(12-6-20-10(2)21-7-12)26-15-16(23-9-24-18(15)29)25-13-5-14(22-8-13)19-28-27-11(3)30-19;5-4(6)3-1-2-3/h8-9,11,14,16-17H,4-7,10H2,1-3H3,(H,26,27,28);8-9,11,14-15H,6-7,10,23H2,1-5H3,(H,30,33)(H,26,27,28);8-9,11,14-15H,6-7,10H2,1-5H3,(H,31,32)(H,25,26,27);6-7,9,13-14,22H,4-5,8H2,1-3H3,(H,23,24,25);3H,1-2H2,(H,5,6)/t16?,17-;2*14?,15-;13?,14-;/m1111./s1. The minimum absolute atomic E-state index is 0.0185. The normalized spacial score (nSPS) is 18.9. The molecule has 734 valence electrons. The Morgan fingerprint density at radius 1 is 0.414 bits per heavy atom. The van der Waals surface area contributed by atoms with Gasteiger partial charge in [0.25, 0.3) is 5.91 Å². The van der Waals surface area contributed by atoms with Crippen molar-refractivity contribution in [3.05, 3.63) is 122 Å². The van der Waals surface area contributed by atoms with E-state index >= 15 is 0 Å². The number of rotatable bonds is 22. The van der Waals surface area contributed by atoms with Gasteiger partial charge in [-0.3, -0.25) is 29.6 Å². The van der Waals surface area contributed by atoms with E-state index in [2.05, 4.69) is 139 Å². The number of fused-ring (bicyclic) bond motifs is 4. The summed E-state index contributed by atoms with van der Waals surface area (Å²) in [4.78, 5) is 166. The average molecular weight is 1920 g/mol. The minimum Gasteiger partial charge on any atom is -0.481 e. The molecule has 140 heavy (non-hydrogen) atoms. The number of carboxylic acid groups (broad SMARTS) is 2. The number of imidazole rings is 4. The van der Waals surface area contributed by atoms with Crippen molar-refractivity contribution in [2.75, 3.05) is 47.4 Å². The molecular weight excluding hydrogens is 1810 g/mol. The summed E-state index contributed by atoms with van der Waals surface area (Å²) in [6, 6.07) is -2.56. The first-order valence-corrected chi connectivity index (χ1v) is 46.3. The number of aromatic nitrogens is 28. The number of hydrazine groups is 1. The highest BCUT2D eigenvalue weighted by atomic mass is 16.6. The summed E-state index contributed by atoms with van der Waals surface area (Å²) in [7, 11) is 0. The van der Waals surface area contributed by atoms with Crippen LogP contribution in [-0.2, 0) is 54.8 Å². The summed E-state index contributed by atoms with van der Waals surface area (Å²) in [5, 5.41) is 51.0. The second-order valence-electron chi connectivity index (χ2n) is 36.5. The minimum atomic E-state index is -1.08. The molecule has 0 radical (unpaired) electrons. The Hall–Kier alpha value is -15.7. The molecule has 0 aromatic carbocycles. The summed E-state index contributed by atoms with van der Waals surface area (Å²) in [6.45, 7) is 33.8. The lowest BCUT2D eigenvalue weighted by atomic mass is 10.1. The lowest BCUT2D eigenvalue weighted by molar-refractivity contribution is -0.142. The lowest BCUT2D eigenvalue weighted by Crippen LogP contribution is -2.49. The van der Waals surface area contributed by atoms with E-state index in [9.17, 15) is 33.9 Å². The topological polar surface area (TPSA) is 625 Å². The number of anilines is 4. The number of hydrogen-bond acceptors (Lipinski definition) is 40. The zero-order valence-corrected chi connectivity index (χ0v) is 80.4. The number of nitrogens with one attached hydrogen (secondary N) is 6. The van der Waals surface area contributed by atoms with Gasteiger partial charge in [0, 0.05) is 152 Å². The molecule has 8 atom stereocenters. The number of carboxylic acids is 2. The Kier molecular flexibility index (Phi) is 28.8. The molecule has 14 aromatic rings. The summed E-state index contributed by atoms with van der Waals surface area (Å²) in [5.41, 5.74) is 9.19. The van der Waals surface area contributed by atoms with Gasteiger partial charge in [0.1, 0.15) is 101 Å². The summed E-state index contributed by atoms with van der Waals surface area (Å²) in [5.74, 6) is 13.5. The van der Waals surface area contributed by atoms with Crippen molar-refractivity contribution in [3.63, 3.8) is 0 Å². The number of likely N-dealkylation sites (tertiary alicyclic amines) is 3. The molecule has 20 rings (SSSR count). The van der Waals surface area contributed by atoms with Gasteiger partial charge in [0.15, 0.2) is 67.9 Å². The number of aryl methyl sites for hydroxylation is 10. The van der Waals surface area contributed by atoms with E-state index in [1.54, 1.807) is 111 Å². The lowest BCUT2D eigenvalue weighted by Gasteiger charge is -2.27. The third-order valence-corrected chi connectivity index (χ3v) is 23.7. The molecule has 50 nitrogen and oxygen atoms in total. The monoisotopic (exact) mass is 1920 g/mol. The first-order valence-electron chi connectivity index (χ1n) is 46.3. The average Bonchev–Trinajstić information content (AvgIpc) is 1.84. The number of ether oxygens (including phenoxy) is 2. The van der Waals surface area contributed by atoms with Crippen LogP contribution in [0.3, 0.4) is 0 Å². The van der Waals surface area contributed by atoms with Crippen molar-refractivity contribution in [2.45, 2.75) is 248 Å². The van der Waals surface area contributed by atoms with Crippen LogP contribution in [0.15, 0.2) is 83.7 Å². The van der Waals surface area contributed by atoms with Crippen LogP contribution in [0.2, 0.25) is 0 Å². The van der Waals surface area contributed by atoms with Crippen molar-refractivity contribution >= 4 is 104 Å². The van der Waals surface area contributed by atoms with Gasteiger partial charge in [0.05, 0.1) is 34.2 Å². The molecule has 6 fully saturated rings. The van der Waals surface area contributed by atoms with Crippen LogP contribution < -0.4 is 37.9 Å². The maximum Gasteiger partial charge on any atom is 0.411 e. The molecule has 4 saturated heterocycles. The maximum absolute atomic E-state index is 13.0. The predicted octanol–water partition coefficient (Wildman–Crippen LogP) is 8.64. The fourth-order valence-electron chi connectivity index (χ4n) is 16.8. The molecule has 4 aliphatic heterocycles. The number of nitrogens with two attached hydrogens (primary N) is 1. The Morgan fingerprint density at radius 3 is 1.05 bits per heavy atom. The third-order valence-electron chi connectivity index (χ3n) is 23.7. The van der Waals surface area contributed by atoms with Crippen LogP contribution in [0.5, 0.6) is 0 Å². The molecule has 10 N–H and O–H groups in total. The molecule has 4 amide bonds. The van der Waals surface area contributed by atoms with Crippen molar-refractivity contribution in [3.8, 4) is 45.6 Å². The SMILES string of the molecule is CCn1c(-c2cnc(C)nc2)nc2c(NC3CN[C@@H](c4nnc(C)o4)C3)ncnc21.CCn1c(-c2cnc(C)nc2)nc2c(NC3C[C@H](C(=O)NN)N(C(=O)OC(C)(C)C)C3)ncnc21.CCn1c(-c2cnc(C)nc2)nc2c(NC3C[C@H](C(=O)O)N(C(=O)OC(C)(C)C)C3)ncnc21.CCn1c(-c2cnc(C)nc2)nc2c(NC3C[C@H](c4nnc(C)o4)N(C(=O)C4CC4)C3)ncnc21.O=C(O)C1CC1. The quantitative estimate of drug-likeness (QED) is 0.0174. The number of nitrogens with zero attached hydrogens (tertiary/aromatic N) is 31. The van der Waals surface area contributed by atoms with Gasteiger partial charge in [-0.25, -0.2) is 120 Å². The first kappa shape index (κ1) is 97.4. The Balaban J connectivity index is 0.000000132. The van der Waals surface area contributed by atoms with E-state index < -0.39 is 53.3 Å². The molecule has 6 aliphatic rings. The third kappa shape index (κ3) is 22.1. The van der Waals surface area contributed by atoms with Gasteiger partial charge in [-0.05, 0) is 142 Å². The van der Waals surface area contributed by atoms with Crippen molar-refractivity contribution in [1.82, 2.24) is 164 Å². The predicted molar refractivity (Wildman–Crippen MR) is 505 cm³/mol. The van der Waals surface area contributed by atoms with Gasteiger partial charge >= 0.3 is 24.1 Å². The number of carbonyl (C=O) groups is 6. The van der Waals surface area contributed by atoms with Crippen molar-refractivity contribution in [2.24, 2.45) is 17.7 Å². The second kappa shape index (κ2) is 41.3. The molecular formula is C90H112N38O12. The van der Waals surface area contributed by atoms with Crippen molar-refractivity contribution in [1.29, 1.82) is 0 Å². The molecule has 14 aromatic heterocycles. The molecule has 0 bridgehead atoms. The van der Waals surface area contributed by atoms with Crippen LogP contribution in [0, 0.1) is 53.4 Å². The zero-order valence-electron chi connectivity index (χ0n) is 80.4. The number of hydrogen-bond donors (Lipinski definition) is 9. The molecule has 2 saturated carbocycles. The van der Waals surface area contributed by atoms with Gasteiger partial charge in [-0.15, -0.1) is 20.4 Å². The molecule has 2 aliphatic carbocycles. The second-order valence-corrected chi connectivity index (χ2v) is 36.5. The largest absolute Gasteiger partial charge is 0.481 e. The zero-order chi connectivity index (χ0) is 99.3. The maximum atomic E-state index is 13.0. The van der Waals surface area contributed by atoms with Gasteiger partial charge in [0.2, 0.25) is 29.5 Å². The van der Waals surface area contributed by atoms with E-state index in [1.165, 1.54) is 28.8 Å². The molecule has 4 unspecified atom stereocenters. The molecule has 50 heteroatoms. The van der Waals surface area contributed by atoms with Crippen LogP contribution in [0.25, 0.3) is 90.2 Å². The highest BCUT2D eigenvalue weighted by Gasteiger charge is 2.47. The smallest absolute Gasteiger partial charge is 0.411 e. The number of carbonyl (C=O) groups excluding carboxylic acids is 4. The van der Waals surface area contributed by atoms with Crippen molar-refractivity contribution < 1.29 is 57.3 Å². The van der Waals surface area contributed by atoms with E-state index in [0.29, 0.717) is 143 Å². The highest BCUT2D eigenvalue weighted by Crippen LogP contribution is 2.42. The van der Waals surface area contributed by atoms with E-state index in [-0.39, 0.29) is 73.5 Å². The van der Waals surface area contributed by atoms with E-state index in [1.807, 2.05) is 71.6 Å². The Morgan fingerprint density at radius 2 is 0.743 bits per heavy atom. The molecule has 18 heterocycles. The van der Waals surface area contributed by atoms with Gasteiger partial charge in [-0.2, -0.15) is 0 Å².